The van der Waals surface area contributed by atoms with Gasteiger partial charge in [-0.05, 0) is 48.6 Å². The molecule has 6 nitrogen and oxygen atoms in total. The molecule has 144 valence electrons. The van der Waals surface area contributed by atoms with Gasteiger partial charge in [0.1, 0.15) is 18.1 Å². The number of methoxy groups -OCH3 is 1. The summed E-state index contributed by atoms with van der Waals surface area (Å²) in [4.78, 5) is 17.4. The lowest BCUT2D eigenvalue weighted by Gasteiger charge is -2.35. The lowest BCUT2D eigenvalue weighted by atomic mass is 9.95. The Hall–Kier alpha value is -2.31. The predicted molar refractivity (Wildman–Crippen MR) is 100 cm³/mol. The largest absolute Gasteiger partial charge is 0.497 e. The van der Waals surface area contributed by atoms with Gasteiger partial charge < -0.3 is 19.2 Å². The molecule has 0 radical (unpaired) electrons. The highest BCUT2D eigenvalue weighted by molar-refractivity contribution is 5.92. The van der Waals surface area contributed by atoms with E-state index < -0.39 is 0 Å². The van der Waals surface area contributed by atoms with Gasteiger partial charge in [-0.2, -0.15) is 0 Å². The number of piperidine rings is 1. The fraction of sp³-hybridized carbons (Fsp3) is 0.476. The highest BCUT2D eigenvalue weighted by atomic mass is 16.5. The number of benzene rings is 1. The van der Waals surface area contributed by atoms with E-state index in [2.05, 4.69) is 17.0 Å². The maximum atomic E-state index is 12.9. The van der Waals surface area contributed by atoms with Crippen molar-refractivity contribution in [2.45, 2.75) is 32.0 Å². The Kier molecular flexibility index (Phi) is 5.18. The van der Waals surface area contributed by atoms with Crippen LogP contribution in [0.2, 0.25) is 0 Å². The molecule has 1 N–H and O–H groups in total. The van der Waals surface area contributed by atoms with Gasteiger partial charge in [-0.1, -0.05) is 12.1 Å². The summed E-state index contributed by atoms with van der Waals surface area (Å²) in [5.41, 5.74) is 1.26. The van der Waals surface area contributed by atoms with Gasteiger partial charge in [0.15, 0.2) is 5.76 Å². The SMILES string of the molecule is COc1ccc(CN2C[C@@H]3CC[C@H](C2)N(C(=O)c2ccc(CO)o2)C3)cc1. The second kappa shape index (κ2) is 7.74. The van der Waals surface area contributed by atoms with E-state index in [1.54, 1.807) is 19.2 Å². The van der Waals surface area contributed by atoms with Crippen LogP contribution in [-0.4, -0.2) is 53.6 Å². The highest BCUT2D eigenvalue weighted by Gasteiger charge is 2.38. The first-order valence-corrected chi connectivity index (χ1v) is 9.52. The van der Waals surface area contributed by atoms with Crippen LogP contribution < -0.4 is 4.74 Å². The number of aliphatic hydroxyl groups excluding tert-OH is 1. The van der Waals surface area contributed by atoms with Gasteiger partial charge in [-0.3, -0.25) is 9.69 Å². The second-order valence-electron chi connectivity index (χ2n) is 7.52. The number of ether oxygens (including phenoxy) is 1. The third kappa shape index (κ3) is 3.87. The van der Waals surface area contributed by atoms with Crippen LogP contribution in [0.3, 0.4) is 0 Å². The number of rotatable bonds is 5. The fourth-order valence-corrected chi connectivity index (χ4v) is 4.27. The monoisotopic (exact) mass is 370 g/mol. The number of nitrogens with zero attached hydrogens (tertiary/aromatic N) is 2. The standard InChI is InChI=1S/C21H26N2O4/c1-26-18-6-3-15(4-7-18)10-22-11-16-2-5-17(13-22)23(12-16)21(25)20-9-8-19(14-24)27-20/h3-4,6-9,16-17,24H,2,5,10-14H2,1H3/t16-,17+/m0/s1. The van der Waals surface area contributed by atoms with Crippen molar-refractivity contribution in [3.8, 4) is 5.75 Å². The minimum Gasteiger partial charge on any atom is -0.497 e. The third-order valence-corrected chi connectivity index (χ3v) is 5.64. The van der Waals surface area contributed by atoms with Crippen molar-refractivity contribution >= 4 is 5.91 Å². The molecule has 2 atom stereocenters. The van der Waals surface area contributed by atoms with E-state index in [-0.39, 0.29) is 18.6 Å². The summed E-state index contributed by atoms with van der Waals surface area (Å²) >= 11 is 0. The molecule has 3 saturated heterocycles. The maximum absolute atomic E-state index is 12.9. The molecule has 2 aromatic rings. The van der Waals surface area contributed by atoms with Crippen LogP contribution in [-0.2, 0) is 13.2 Å². The molecule has 3 aliphatic rings. The zero-order valence-corrected chi connectivity index (χ0v) is 15.6. The Balaban J connectivity index is 1.45. The Labute approximate surface area is 159 Å². The van der Waals surface area contributed by atoms with Gasteiger partial charge in [0.05, 0.1) is 7.11 Å². The lowest BCUT2D eigenvalue weighted by molar-refractivity contribution is 0.0548. The van der Waals surface area contributed by atoms with Crippen LogP contribution in [0.1, 0.15) is 34.7 Å². The van der Waals surface area contributed by atoms with Crippen molar-refractivity contribution in [2.24, 2.45) is 5.92 Å². The van der Waals surface area contributed by atoms with E-state index in [9.17, 15) is 4.79 Å². The van der Waals surface area contributed by atoms with E-state index in [1.807, 2.05) is 17.0 Å². The summed E-state index contributed by atoms with van der Waals surface area (Å²) in [7, 11) is 1.68. The topological polar surface area (TPSA) is 66.2 Å². The zero-order chi connectivity index (χ0) is 18.8. The molecule has 0 aliphatic carbocycles. The molecule has 1 aromatic heterocycles. The van der Waals surface area contributed by atoms with Crippen molar-refractivity contribution in [3.05, 3.63) is 53.5 Å². The second-order valence-corrected chi connectivity index (χ2v) is 7.52. The number of carbonyl (C=O) groups excluding carboxylic acids is 1. The van der Waals surface area contributed by atoms with E-state index in [1.165, 1.54) is 5.56 Å². The van der Waals surface area contributed by atoms with Crippen LogP contribution in [0.25, 0.3) is 0 Å². The van der Waals surface area contributed by atoms with Crippen LogP contribution in [0, 0.1) is 5.92 Å². The highest BCUT2D eigenvalue weighted by Crippen LogP contribution is 2.30. The van der Waals surface area contributed by atoms with Gasteiger partial charge in [-0.25, -0.2) is 0 Å². The van der Waals surface area contributed by atoms with Crippen LogP contribution in [0.4, 0.5) is 0 Å². The number of hydrogen-bond acceptors (Lipinski definition) is 5. The molecule has 6 heteroatoms. The molecule has 1 amide bonds. The molecule has 0 unspecified atom stereocenters. The molecule has 0 saturated carbocycles. The number of amides is 1. The van der Waals surface area contributed by atoms with E-state index in [4.69, 9.17) is 14.3 Å². The van der Waals surface area contributed by atoms with Crippen molar-refractivity contribution in [3.63, 3.8) is 0 Å². The minimum atomic E-state index is -0.186. The van der Waals surface area contributed by atoms with E-state index >= 15 is 0 Å². The number of carbonyl (C=O) groups is 1. The first-order chi connectivity index (χ1) is 13.2. The number of aliphatic hydroxyl groups is 1. The molecule has 3 aliphatic heterocycles. The predicted octanol–water partition coefficient (Wildman–Crippen LogP) is 2.52. The summed E-state index contributed by atoms with van der Waals surface area (Å²) in [6.45, 7) is 3.36. The van der Waals surface area contributed by atoms with E-state index in [0.717, 1.165) is 44.8 Å². The van der Waals surface area contributed by atoms with Crippen LogP contribution in [0.15, 0.2) is 40.8 Å². The Morgan fingerprint density at radius 1 is 1.15 bits per heavy atom. The maximum Gasteiger partial charge on any atom is 0.289 e. The van der Waals surface area contributed by atoms with Crippen LogP contribution >= 0.6 is 0 Å². The zero-order valence-electron chi connectivity index (χ0n) is 15.6. The van der Waals surface area contributed by atoms with Crippen LogP contribution in [0.5, 0.6) is 5.75 Å². The van der Waals surface area contributed by atoms with Gasteiger partial charge >= 0.3 is 0 Å². The lowest BCUT2D eigenvalue weighted by Crippen LogP contribution is -2.47. The summed E-state index contributed by atoms with van der Waals surface area (Å²) < 4.78 is 10.7. The molecule has 5 rings (SSSR count). The van der Waals surface area contributed by atoms with Gasteiger partial charge in [0.25, 0.3) is 5.91 Å². The van der Waals surface area contributed by atoms with Crippen molar-refractivity contribution in [1.29, 1.82) is 0 Å². The third-order valence-electron chi connectivity index (χ3n) is 5.64. The first kappa shape index (κ1) is 18.1. The average Bonchev–Trinajstić information content (AvgIpc) is 3.02. The van der Waals surface area contributed by atoms with Gasteiger partial charge in [-0.15, -0.1) is 0 Å². The number of fused-ring (bicyclic) bond motifs is 4. The Morgan fingerprint density at radius 2 is 1.96 bits per heavy atom. The Morgan fingerprint density at radius 3 is 2.67 bits per heavy atom. The quantitative estimate of drug-likeness (QED) is 0.876. The van der Waals surface area contributed by atoms with Gasteiger partial charge in [0, 0.05) is 32.2 Å². The first-order valence-electron chi connectivity index (χ1n) is 9.52. The fourth-order valence-electron chi connectivity index (χ4n) is 4.27. The number of furan rings is 1. The van der Waals surface area contributed by atoms with Crippen molar-refractivity contribution < 1.29 is 19.1 Å². The van der Waals surface area contributed by atoms with Gasteiger partial charge in [0.2, 0.25) is 0 Å². The van der Waals surface area contributed by atoms with Crippen molar-refractivity contribution in [1.82, 2.24) is 9.80 Å². The summed E-state index contributed by atoms with van der Waals surface area (Å²) in [5.74, 6) is 2.05. The van der Waals surface area contributed by atoms with Crippen molar-refractivity contribution in [2.75, 3.05) is 26.7 Å². The minimum absolute atomic E-state index is 0.0595. The summed E-state index contributed by atoms with van der Waals surface area (Å²) in [6, 6.07) is 11.7. The number of hydrogen-bond donors (Lipinski definition) is 1. The Bertz CT molecular complexity index is 786. The smallest absolute Gasteiger partial charge is 0.289 e. The molecule has 27 heavy (non-hydrogen) atoms. The molecule has 3 fully saturated rings. The molecule has 2 bridgehead atoms. The molecule has 0 spiro atoms. The molecular weight excluding hydrogens is 344 g/mol. The molecule has 1 aromatic carbocycles. The molecule has 4 heterocycles. The summed E-state index contributed by atoms with van der Waals surface area (Å²) in [6.07, 6.45) is 2.19. The average molecular weight is 370 g/mol. The van der Waals surface area contributed by atoms with E-state index in [0.29, 0.717) is 17.4 Å². The molecular formula is C21H26N2O4. The normalized spacial score (nSPS) is 22.7. The summed E-state index contributed by atoms with van der Waals surface area (Å²) in [5, 5.41) is 9.17.